The Bertz CT molecular complexity index is 458. The van der Waals surface area contributed by atoms with Crippen LogP contribution >= 0.6 is 43.6 Å². The topological polar surface area (TPSA) is 75.3 Å². The summed E-state index contributed by atoms with van der Waals surface area (Å²) in [5.74, 6) is -0.0246. The van der Waals surface area contributed by atoms with Gasteiger partial charge >= 0.3 is 5.97 Å². The molecule has 1 atom stereocenters. The van der Waals surface area contributed by atoms with E-state index in [1.165, 1.54) is 0 Å². The van der Waals surface area contributed by atoms with Crippen molar-refractivity contribution in [2.45, 2.75) is 19.0 Å². The van der Waals surface area contributed by atoms with Crippen molar-refractivity contribution in [3.8, 4) is 0 Å². The molecule has 0 saturated carbocycles. The van der Waals surface area contributed by atoms with E-state index < -0.39 is 12.0 Å². The van der Waals surface area contributed by atoms with E-state index in [4.69, 9.17) is 10.8 Å². The van der Waals surface area contributed by atoms with Crippen LogP contribution < -0.4 is 11.1 Å². The molecule has 4 N–H and O–H groups in total. The third kappa shape index (κ3) is 5.33. The summed E-state index contributed by atoms with van der Waals surface area (Å²) in [4.78, 5) is 11.1. The number of carboxylic acid groups (broad SMARTS) is 1. The van der Waals surface area contributed by atoms with Crippen LogP contribution in [-0.2, 0) is 11.3 Å². The molecule has 0 heterocycles. The number of halogens is 2. The van der Waals surface area contributed by atoms with Crippen molar-refractivity contribution in [3.63, 3.8) is 0 Å². The summed E-state index contributed by atoms with van der Waals surface area (Å²) in [5.41, 5.74) is 7.46. The van der Waals surface area contributed by atoms with Crippen LogP contribution in [0.1, 0.15) is 12.0 Å². The summed E-state index contributed by atoms with van der Waals surface area (Å²) in [6.07, 6.45) is 2.55. The standard InChI is InChI=1S/C12H16Br2N2O2S/c1-19-3-2-10(12(17)18)16-6-7-4-8(13)5-9(14)11(7)15/h4-5,10,16H,2-3,6,15H2,1H3,(H,17,18)/t10-/m0/s1. The van der Waals surface area contributed by atoms with Crippen LogP contribution in [-0.4, -0.2) is 29.1 Å². The van der Waals surface area contributed by atoms with Gasteiger partial charge in [-0.25, -0.2) is 0 Å². The quantitative estimate of drug-likeness (QED) is 0.601. The maximum atomic E-state index is 11.1. The van der Waals surface area contributed by atoms with Gasteiger partial charge in [-0.1, -0.05) is 15.9 Å². The molecular weight excluding hydrogens is 396 g/mol. The zero-order chi connectivity index (χ0) is 14.4. The maximum Gasteiger partial charge on any atom is 0.320 e. The number of anilines is 1. The number of aliphatic carboxylic acids is 1. The molecule has 7 heteroatoms. The summed E-state index contributed by atoms with van der Waals surface area (Å²) >= 11 is 8.40. The molecule has 0 aliphatic rings. The normalized spacial score (nSPS) is 12.4. The Kier molecular flexibility index (Phi) is 7.20. The molecule has 1 rings (SSSR count). The number of rotatable bonds is 7. The van der Waals surface area contributed by atoms with E-state index in [9.17, 15) is 4.79 Å². The zero-order valence-electron chi connectivity index (χ0n) is 10.5. The monoisotopic (exact) mass is 410 g/mol. The van der Waals surface area contributed by atoms with E-state index in [1.807, 2.05) is 18.4 Å². The molecule has 0 saturated heterocycles. The van der Waals surface area contributed by atoms with Gasteiger partial charge < -0.3 is 16.2 Å². The Balaban J connectivity index is 2.71. The van der Waals surface area contributed by atoms with Gasteiger partial charge in [0.15, 0.2) is 0 Å². The molecule has 0 aliphatic heterocycles. The summed E-state index contributed by atoms with van der Waals surface area (Å²) in [7, 11) is 0. The van der Waals surface area contributed by atoms with Gasteiger partial charge in [-0.15, -0.1) is 0 Å². The first kappa shape index (κ1) is 16.8. The number of hydrogen-bond acceptors (Lipinski definition) is 4. The van der Waals surface area contributed by atoms with Crippen molar-refractivity contribution < 1.29 is 9.90 Å². The first-order valence-electron chi connectivity index (χ1n) is 5.64. The average molecular weight is 412 g/mol. The van der Waals surface area contributed by atoms with Crippen LogP contribution in [0.15, 0.2) is 21.1 Å². The van der Waals surface area contributed by atoms with Gasteiger partial charge in [-0.3, -0.25) is 4.79 Å². The Morgan fingerprint density at radius 3 is 2.79 bits per heavy atom. The van der Waals surface area contributed by atoms with Crippen molar-refractivity contribution in [1.82, 2.24) is 5.32 Å². The van der Waals surface area contributed by atoms with Gasteiger partial charge in [0.05, 0.1) is 5.69 Å². The SMILES string of the molecule is CSCC[C@H](NCc1cc(Br)cc(Br)c1N)C(=O)O. The van der Waals surface area contributed by atoms with Gasteiger partial charge in [0, 0.05) is 15.5 Å². The van der Waals surface area contributed by atoms with Crippen molar-refractivity contribution in [2.75, 3.05) is 17.7 Å². The van der Waals surface area contributed by atoms with Crippen molar-refractivity contribution in [3.05, 3.63) is 26.6 Å². The Hall–Kier alpha value is -0.240. The molecule has 0 unspecified atom stereocenters. The minimum atomic E-state index is -0.832. The number of thioether (sulfide) groups is 1. The second-order valence-electron chi connectivity index (χ2n) is 4.01. The minimum Gasteiger partial charge on any atom is -0.480 e. The van der Waals surface area contributed by atoms with E-state index in [-0.39, 0.29) is 0 Å². The lowest BCUT2D eigenvalue weighted by Gasteiger charge is -2.15. The molecule has 1 aromatic rings. The molecule has 19 heavy (non-hydrogen) atoms. The van der Waals surface area contributed by atoms with Crippen LogP contribution in [0.3, 0.4) is 0 Å². The third-order valence-electron chi connectivity index (χ3n) is 2.63. The fraction of sp³-hybridized carbons (Fsp3) is 0.417. The minimum absolute atomic E-state index is 0.426. The number of carbonyl (C=O) groups is 1. The number of carboxylic acids is 1. The first-order valence-corrected chi connectivity index (χ1v) is 8.62. The lowest BCUT2D eigenvalue weighted by molar-refractivity contribution is -0.139. The molecule has 4 nitrogen and oxygen atoms in total. The van der Waals surface area contributed by atoms with E-state index in [1.54, 1.807) is 11.8 Å². The van der Waals surface area contributed by atoms with E-state index in [2.05, 4.69) is 37.2 Å². The molecule has 106 valence electrons. The molecule has 1 aromatic carbocycles. The van der Waals surface area contributed by atoms with Gasteiger partial charge in [0.2, 0.25) is 0 Å². The maximum absolute atomic E-state index is 11.1. The van der Waals surface area contributed by atoms with Crippen molar-refractivity contribution in [2.24, 2.45) is 0 Å². The van der Waals surface area contributed by atoms with E-state index in [0.717, 1.165) is 20.3 Å². The second kappa shape index (κ2) is 8.14. The molecule has 0 aromatic heterocycles. The highest BCUT2D eigenvalue weighted by Gasteiger charge is 2.16. The van der Waals surface area contributed by atoms with E-state index >= 15 is 0 Å². The van der Waals surface area contributed by atoms with E-state index in [0.29, 0.717) is 18.7 Å². The highest BCUT2D eigenvalue weighted by Crippen LogP contribution is 2.28. The van der Waals surface area contributed by atoms with Gasteiger partial charge in [0.25, 0.3) is 0 Å². The fourth-order valence-corrected chi connectivity index (χ4v) is 3.35. The Morgan fingerprint density at radius 2 is 2.21 bits per heavy atom. The number of benzene rings is 1. The fourth-order valence-electron chi connectivity index (χ4n) is 1.57. The number of nitrogens with two attached hydrogens (primary N) is 1. The van der Waals surface area contributed by atoms with Gasteiger partial charge in [0.1, 0.15) is 6.04 Å². The van der Waals surface area contributed by atoms with Crippen LogP contribution in [0.25, 0.3) is 0 Å². The largest absolute Gasteiger partial charge is 0.480 e. The highest BCUT2D eigenvalue weighted by atomic mass is 79.9. The number of nitrogens with one attached hydrogen (secondary N) is 1. The third-order valence-corrected chi connectivity index (χ3v) is 4.39. The summed E-state index contributed by atoms with van der Waals surface area (Å²) < 4.78 is 1.70. The predicted molar refractivity (Wildman–Crippen MR) is 87.5 cm³/mol. The first-order chi connectivity index (χ1) is 8.95. The zero-order valence-corrected chi connectivity index (χ0v) is 14.4. The van der Waals surface area contributed by atoms with Crippen molar-refractivity contribution in [1.29, 1.82) is 0 Å². The Morgan fingerprint density at radius 1 is 1.53 bits per heavy atom. The van der Waals surface area contributed by atoms with Crippen LogP contribution in [0.5, 0.6) is 0 Å². The summed E-state index contributed by atoms with van der Waals surface area (Å²) in [6.45, 7) is 0.426. The second-order valence-corrected chi connectivity index (χ2v) is 6.77. The Labute approximate surface area is 133 Å². The summed E-state index contributed by atoms with van der Waals surface area (Å²) in [6, 6.07) is 3.20. The lowest BCUT2D eigenvalue weighted by Crippen LogP contribution is -2.36. The number of nitrogen functional groups attached to an aromatic ring is 1. The average Bonchev–Trinajstić information content (AvgIpc) is 2.34. The lowest BCUT2D eigenvalue weighted by atomic mass is 10.1. The summed E-state index contributed by atoms with van der Waals surface area (Å²) in [5, 5.41) is 12.2. The van der Waals surface area contributed by atoms with Gasteiger partial charge in [-0.05, 0) is 52.1 Å². The molecule has 0 fully saturated rings. The number of hydrogen-bond donors (Lipinski definition) is 3. The smallest absolute Gasteiger partial charge is 0.320 e. The molecular formula is C12H16Br2N2O2S. The highest BCUT2D eigenvalue weighted by molar-refractivity contribution is 9.11. The molecule has 0 radical (unpaired) electrons. The van der Waals surface area contributed by atoms with Crippen LogP contribution in [0, 0.1) is 0 Å². The van der Waals surface area contributed by atoms with Crippen LogP contribution in [0.2, 0.25) is 0 Å². The van der Waals surface area contributed by atoms with Gasteiger partial charge in [-0.2, -0.15) is 11.8 Å². The molecule has 0 spiro atoms. The van der Waals surface area contributed by atoms with Crippen molar-refractivity contribution >= 4 is 55.3 Å². The van der Waals surface area contributed by atoms with Crippen LogP contribution in [0.4, 0.5) is 5.69 Å². The predicted octanol–water partition coefficient (Wildman–Crippen LogP) is 3.09. The molecule has 0 amide bonds. The molecule has 0 bridgehead atoms. The molecule has 0 aliphatic carbocycles.